The number of ketones is 1. The van der Waals surface area contributed by atoms with Crippen LogP contribution in [0, 0.1) is 6.92 Å². The molecule has 0 amide bonds. The zero-order valence-electron chi connectivity index (χ0n) is 11.0. The molecule has 0 radical (unpaired) electrons. The molecule has 0 saturated heterocycles. The second-order valence-corrected chi connectivity index (χ2v) is 4.58. The number of aromatic nitrogens is 2. The summed E-state index contributed by atoms with van der Waals surface area (Å²) in [5.41, 5.74) is 1.66. The minimum atomic E-state index is -0.0214. The van der Waals surface area contributed by atoms with Gasteiger partial charge < -0.3 is 4.42 Å². The van der Waals surface area contributed by atoms with Gasteiger partial charge in [-0.3, -0.25) is 9.48 Å². The quantitative estimate of drug-likeness (QED) is 0.761. The van der Waals surface area contributed by atoms with E-state index in [1.807, 2.05) is 23.9 Å². The summed E-state index contributed by atoms with van der Waals surface area (Å²) in [6.07, 6.45) is 4.77. The van der Waals surface area contributed by atoms with Crippen LogP contribution in [0.25, 0.3) is 0 Å². The Hall–Kier alpha value is -1.84. The van der Waals surface area contributed by atoms with Gasteiger partial charge >= 0.3 is 0 Å². The van der Waals surface area contributed by atoms with E-state index in [1.54, 1.807) is 12.3 Å². The van der Waals surface area contributed by atoms with Crippen LogP contribution in [0.5, 0.6) is 0 Å². The van der Waals surface area contributed by atoms with Crippen molar-refractivity contribution in [2.24, 2.45) is 0 Å². The highest BCUT2D eigenvalue weighted by Gasteiger charge is 2.15. The standard InChI is InChI=1S/C14H18N2O2/c1-4-11(3)16-7-5-12(15-16)9-13(17)14-10(2)6-8-18-14/h5-8,11H,4,9H2,1-3H3. The van der Waals surface area contributed by atoms with Gasteiger partial charge in [0.2, 0.25) is 5.78 Å². The normalized spacial score (nSPS) is 12.6. The highest BCUT2D eigenvalue weighted by molar-refractivity contribution is 5.95. The molecule has 4 heteroatoms. The van der Waals surface area contributed by atoms with E-state index in [0.717, 1.165) is 17.7 Å². The molecule has 0 aliphatic rings. The van der Waals surface area contributed by atoms with Gasteiger partial charge in [0.1, 0.15) is 0 Å². The van der Waals surface area contributed by atoms with E-state index >= 15 is 0 Å². The van der Waals surface area contributed by atoms with E-state index in [4.69, 9.17) is 4.42 Å². The molecule has 1 atom stereocenters. The maximum absolute atomic E-state index is 12.0. The predicted octanol–water partition coefficient (Wildman–Crippen LogP) is 3.18. The average molecular weight is 246 g/mol. The fraction of sp³-hybridized carbons (Fsp3) is 0.429. The van der Waals surface area contributed by atoms with Gasteiger partial charge in [0, 0.05) is 12.2 Å². The Morgan fingerprint density at radius 3 is 2.89 bits per heavy atom. The van der Waals surface area contributed by atoms with Crippen molar-refractivity contribution >= 4 is 5.78 Å². The predicted molar refractivity (Wildman–Crippen MR) is 68.7 cm³/mol. The highest BCUT2D eigenvalue weighted by atomic mass is 16.3. The van der Waals surface area contributed by atoms with Crippen molar-refractivity contribution in [2.75, 3.05) is 0 Å². The van der Waals surface area contributed by atoms with Crippen molar-refractivity contribution < 1.29 is 9.21 Å². The zero-order valence-corrected chi connectivity index (χ0v) is 11.0. The minimum absolute atomic E-state index is 0.0214. The number of Topliss-reactive ketones (excluding diaryl/α,β-unsaturated/α-hetero) is 1. The van der Waals surface area contributed by atoms with E-state index in [0.29, 0.717) is 11.8 Å². The van der Waals surface area contributed by atoms with Crippen LogP contribution < -0.4 is 0 Å². The van der Waals surface area contributed by atoms with E-state index < -0.39 is 0 Å². The lowest BCUT2D eigenvalue weighted by Gasteiger charge is -2.07. The van der Waals surface area contributed by atoms with Gasteiger partial charge in [-0.2, -0.15) is 5.10 Å². The molecule has 0 fully saturated rings. The number of furan rings is 1. The van der Waals surface area contributed by atoms with Gasteiger partial charge in [-0.15, -0.1) is 0 Å². The number of rotatable bonds is 5. The average Bonchev–Trinajstić information content (AvgIpc) is 2.97. The summed E-state index contributed by atoms with van der Waals surface area (Å²) in [7, 11) is 0. The molecule has 0 N–H and O–H groups in total. The summed E-state index contributed by atoms with van der Waals surface area (Å²) < 4.78 is 7.09. The zero-order chi connectivity index (χ0) is 13.1. The summed E-state index contributed by atoms with van der Waals surface area (Å²) in [4.78, 5) is 12.0. The molecule has 0 bridgehead atoms. The molecule has 2 rings (SSSR count). The molecule has 1 unspecified atom stereocenters. The second kappa shape index (κ2) is 5.21. The molecular weight excluding hydrogens is 228 g/mol. The maximum atomic E-state index is 12.0. The monoisotopic (exact) mass is 246 g/mol. The summed E-state index contributed by atoms with van der Waals surface area (Å²) in [5.74, 6) is 0.417. The highest BCUT2D eigenvalue weighted by Crippen LogP contribution is 2.14. The Balaban J connectivity index is 2.08. The molecule has 2 heterocycles. The van der Waals surface area contributed by atoms with Crippen molar-refractivity contribution in [3.05, 3.63) is 41.6 Å². The molecule has 0 saturated carbocycles. The Kier molecular flexibility index (Phi) is 3.65. The first-order chi connectivity index (χ1) is 8.61. The molecule has 2 aromatic heterocycles. The van der Waals surface area contributed by atoms with Crippen LogP contribution in [0.3, 0.4) is 0 Å². The topological polar surface area (TPSA) is 48.0 Å². The molecule has 2 aromatic rings. The first-order valence-corrected chi connectivity index (χ1v) is 6.23. The number of nitrogens with zero attached hydrogens (tertiary/aromatic N) is 2. The van der Waals surface area contributed by atoms with E-state index in [-0.39, 0.29) is 12.2 Å². The van der Waals surface area contributed by atoms with Gasteiger partial charge in [-0.05, 0) is 38.0 Å². The molecule has 0 aromatic carbocycles. The lowest BCUT2D eigenvalue weighted by molar-refractivity contribution is 0.0964. The smallest absolute Gasteiger partial charge is 0.204 e. The number of carbonyl (C=O) groups excluding carboxylic acids is 1. The summed E-state index contributed by atoms with van der Waals surface area (Å²) in [6.45, 7) is 6.09. The summed E-state index contributed by atoms with van der Waals surface area (Å²) >= 11 is 0. The largest absolute Gasteiger partial charge is 0.461 e. The molecule has 0 spiro atoms. The number of hydrogen-bond donors (Lipinski definition) is 0. The SMILES string of the molecule is CCC(C)n1ccc(CC(=O)c2occc2C)n1. The first-order valence-electron chi connectivity index (χ1n) is 6.23. The molecule has 96 valence electrons. The van der Waals surface area contributed by atoms with Crippen LogP contribution in [0.2, 0.25) is 0 Å². The maximum Gasteiger partial charge on any atom is 0.204 e. The minimum Gasteiger partial charge on any atom is -0.461 e. The molecule has 0 aliphatic carbocycles. The Morgan fingerprint density at radius 1 is 1.50 bits per heavy atom. The Labute approximate surface area is 107 Å². The summed E-state index contributed by atoms with van der Waals surface area (Å²) in [5, 5.41) is 4.41. The van der Waals surface area contributed by atoms with Crippen molar-refractivity contribution in [1.82, 2.24) is 9.78 Å². The fourth-order valence-corrected chi connectivity index (χ4v) is 1.81. The Morgan fingerprint density at radius 2 is 2.28 bits per heavy atom. The van der Waals surface area contributed by atoms with E-state index in [2.05, 4.69) is 18.9 Å². The lowest BCUT2D eigenvalue weighted by atomic mass is 10.1. The van der Waals surface area contributed by atoms with Crippen LogP contribution in [-0.2, 0) is 6.42 Å². The van der Waals surface area contributed by atoms with Crippen LogP contribution in [-0.4, -0.2) is 15.6 Å². The second-order valence-electron chi connectivity index (χ2n) is 4.58. The van der Waals surface area contributed by atoms with Crippen LogP contribution in [0.1, 0.15) is 48.1 Å². The number of carbonyl (C=O) groups is 1. The van der Waals surface area contributed by atoms with Gasteiger partial charge in [0.05, 0.1) is 18.4 Å². The van der Waals surface area contributed by atoms with Crippen LogP contribution in [0.15, 0.2) is 29.0 Å². The van der Waals surface area contributed by atoms with Gasteiger partial charge in [-0.25, -0.2) is 0 Å². The van der Waals surface area contributed by atoms with Crippen LogP contribution >= 0.6 is 0 Å². The van der Waals surface area contributed by atoms with Crippen LogP contribution in [0.4, 0.5) is 0 Å². The molecule has 4 nitrogen and oxygen atoms in total. The van der Waals surface area contributed by atoms with Crippen molar-refractivity contribution in [3.63, 3.8) is 0 Å². The number of hydrogen-bond acceptors (Lipinski definition) is 3. The third-order valence-corrected chi connectivity index (χ3v) is 3.16. The summed E-state index contributed by atoms with van der Waals surface area (Å²) in [6, 6.07) is 4.05. The van der Waals surface area contributed by atoms with E-state index in [1.165, 1.54) is 0 Å². The third-order valence-electron chi connectivity index (χ3n) is 3.16. The van der Waals surface area contributed by atoms with Gasteiger partial charge in [0.25, 0.3) is 0 Å². The van der Waals surface area contributed by atoms with Crippen molar-refractivity contribution in [1.29, 1.82) is 0 Å². The molecular formula is C14H18N2O2. The van der Waals surface area contributed by atoms with Crippen molar-refractivity contribution in [2.45, 2.75) is 39.7 Å². The van der Waals surface area contributed by atoms with E-state index in [9.17, 15) is 4.79 Å². The van der Waals surface area contributed by atoms with Gasteiger partial charge in [0.15, 0.2) is 5.76 Å². The third kappa shape index (κ3) is 2.53. The number of aryl methyl sites for hydroxylation is 1. The first kappa shape index (κ1) is 12.6. The Bertz CT molecular complexity index is 539. The fourth-order valence-electron chi connectivity index (χ4n) is 1.81. The molecule has 0 aliphatic heterocycles. The molecule has 18 heavy (non-hydrogen) atoms. The van der Waals surface area contributed by atoms with Crippen molar-refractivity contribution in [3.8, 4) is 0 Å². The lowest BCUT2D eigenvalue weighted by Crippen LogP contribution is -2.08. The van der Waals surface area contributed by atoms with Gasteiger partial charge in [-0.1, -0.05) is 6.92 Å².